The molecule has 2 N–H and O–H groups in total. The lowest BCUT2D eigenvalue weighted by Gasteiger charge is -2.33. The van der Waals surface area contributed by atoms with E-state index in [1.165, 1.54) is 11.1 Å². The molecule has 0 aromatic carbocycles. The molecule has 4 nitrogen and oxygen atoms in total. The van der Waals surface area contributed by atoms with Gasteiger partial charge < -0.3 is 10.6 Å². The second kappa shape index (κ2) is 5.52. The van der Waals surface area contributed by atoms with Gasteiger partial charge in [0.15, 0.2) is 5.82 Å². The second-order valence-electron chi connectivity index (χ2n) is 6.59. The molecule has 0 saturated carbocycles. The Hall–Kier alpha value is -1.42. The summed E-state index contributed by atoms with van der Waals surface area (Å²) in [6, 6.07) is 0. The predicted octanol–water partition coefficient (Wildman–Crippen LogP) is 2.73. The van der Waals surface area contributed by atoms with Crippen molar-refractivity contribution in [2.75, 3.05) is 18.0 Å². The first-order valence-corrected chi connectivity index (χ1v) is 7.32. The van der Waals surface area contributed by atoms with E-state index in [-0.39, 0.29) is 5.41 Å². The monoisotopic (exact) mass is 274 g/mol. The van der Waals surface area contributed by atoms with Crippen molar-refractivity contribution >= 4 is 5.82 Å². The molecule has 1 aromatic heterocycles. The highest BCUT2D eigenvalue weighted by Crippen LogP contribution is 2.32. The molecule has 1 aliphatic rings. The van der Waals surface area contributed by atoms with Crippen LogP contribution in [-0.2, 0) is 6.54 Å². The molecule has 1 aromatic rings. The lowest BCUT2D eigenvalue weighted by atomic mass is 9.83. The van der Waals surface area contributed by atoms with E-state index in [9.17, 15) is 0 Å². The zero-order valence-corrected chi connectivity index (χ0v) is 13.3. The smallest absolute Gasteiger partial charge is 0.156 e. The Bertz CT molecular complexity index is 526. The van der Waals surface area contributed by atoms with Gasteiger partial charge in [-0.1, -0.05) is 32.4 Å². The van der Waals surface area contributed by atoms with E-state index in [1.807, 2.05) is 6.92 Å². The van der Waals surface area contributed by atoms with Crippen LogP contribution in [0.1, 0.15) is 44.0 Å². The molecule has 0 atom stereocenters. The molecule has 110 valence electrons. The molecule has 0 saturated heterocycles. The number of nitrogens with two attached hydrogens (primary N) is 1. The number of aryl methyl sites for hydroxylation is 1. The molecule has 0 fully saturated rings. The van der Waals surface area contributed by atoms with Crippen molar-refractivity contribution in [3.05, 3.63) is 28.5 Å². The maximum Gasteiger partial charge on any atom is 0.156 e. The lowest BCUT2D eigenvalue weighted by Crippen LogP contribution is -2.33. The van der Waals surface area contributed by atoms with Crippen LogP contribution in [0.15, 0.2) is 11.6 Å². The minimum atomic E-state index is 0.262. The highest BCUT2D eigenvalue weighted by molar-refractivity contribution is 5.52. The molecule has 0 spiro atoms. The fourth-order valence-corrected chi connectivity index (χ4v) is 2.68. The minimum absolute atomic E-state index is 0.262. The van der Waals surface area contributed by atoms with E-state index in [1.54, 1.807) is 0 Å². The molecule has 2 heterocycles. The van der Waals surface area contributed by atoms with Gasteiger partial charge in [0.2, 0.25) is 0 Å². The molecule has 4 heteroatoms. The van der Waals surface area contributed by atoms with Crippen molar-refractivity contribution in [2.45, 2.75) is 47.6 Å². The molecule has 0 amide bonds. The summed E-state index contributed by atoms with van der Waals surface area (Å²) in [7, 11) is 0. The molecule has 0 aliphatic carbocycles. The quantitative estimate of drug-likeness (QED) is 0.843. The Kier molecular flexibility index (Phi) is 4.14. The van der Waals surface area contributed by atoms with Gasteiger partial charge in [0.1, 0.15) is 0 Å². The lowest BCUT2D eigenvalue weighted by molar-refractivity contribution is 0.472. The summed E-state index contributed by atoms with van der Waals surface area (Å²) in [5.41, 5.74) is 11.0. The third-order valence-corrected chi connectivity index (χ3v) is 4.24. The first-order chi connectivity index (χ1) is 9.34. The topological polar surface area (TPSA) is 55.0 Å². The maximum absolute atomic E-state index is 5.91. The van der Waals surface area contributed by atoms with E-state index >= 15 is 0 Å². The zero-order chi connectivity index (χ0) is 14.9. The number of aromatic nitrogens is 2. The normalized spacial score (nSPS) is 16.3. The Morgan fingerprint density at radius 3 is 2.45 bits per heavy atom. The SMILES string of the molecule is Cc1nnc(N2CC=C(C(C)(C)C)CC2)c(CN)c1C. The standard InChI is InChI=1S/C16H26N4/c1-11-12(2)18-19-15(14(11)10-17)20-8-6-13(7-9-20)16(3,4)5/h6H,7-10,17H2,1-5H3. The first kappa shape index (κ1) is 15.0. The Balaban J connectivity index is 2.28. The molecular formula is C16H26N4. The molecular weight excluding hydrogens is 248 g/mol. The fourth-order valence-electron chi connectivity index (χ4n) is 2.68. The van der Waals surface area contributed by atoms with Crippen LogP contribution >= 0.6 is 0 Å². The third kappa shape index (κ3) is 2.85. The molecule has 0 radical (unpaired) electrons. The van der Waals surface area contributed by atoms with Crippen LogP contribution < -0.4 is 10.6 Å². The molecule has 20 heavy (non-hydrogen) atoms. The van der Waals surface area contributed by atoms with Gasteiger partial charge in [-0.2, -0.15) is 5.10 Å². The zero-order valence-electron chi connectivity index (χ0n) is 13.3. The molecule has 1 aliphatic heterocycles. The van der Waals surface area contributed by atoms with Gasteiger partial charge in [-0.25, -0.2) is 0 Å². The predicted molar refractivity (Wildman–Crippen MR) is 83.8 cm³/mol. The van der Waals surface area contributed by atoms with Crippen LogP contribution in [0, 0.1) is 19.3 Å². The summed E-state index contributed by atoms with van der Waals surface area (Å²) in [5.74, 6) is 0.958. The van der Waals surface area contributed by atoms with E-state index in [0.29, 0.717) is 6.54 Å². The number of rotatable bonds is 2. The van der Waals surface area contributed by atoms with Gasteiger partial charge in [-0.3, -0.25) is 0 Å². The van der Waals surface area contributed by atoms with Crippen molar-refractivity contribution in [3.8, 4) is 0 Å². The highest BCUT2D eigenvalue weighted by atomic mass is 15.3. The van der Waals surface area contributed by atoms with E-state index in [0.717, 1.165) is 36.6 Å². The van der Waals surface area contributed by atoms with Crippen molar-refractivity contribution in [3.63, 3.8) is 0 Å². The highest BCUT2D eigenvalue weighted by Gasteiger charge is 2.23. The van der Waals surface area contributed by atoms with Crippen LogP contribution in [0.25, 0.3) is 0 Å². The van der Waals surface area contributed by atoms with Crippen LogP contribution in [0.4, 0.5) is 5.82 Å². The Morgan fingerprint density at radius 2 is 1.95 bits per heavy atom. The third-order valence-electron chi connectivity index (χ3n) is 4.24. The van der Waals surface area contributed by atoms with E-state index in [2.05, 4.69) is 48.9 Å². The largest absolute Gasteiger partial charge is 0.351 e. The van der Waals surface area contributed by atoms with Crippen LogP contribution in [0.2, 0.25) is 0 Å². The first-order valence-electron chi connectivity index (χ1n) is 7.32. The van der Waals surface area contributed by atoms with Gasteiger partial charge in [0.05, 0.1) is 5.69 Å². The van der Waals surface area contributed by atoms with Crippen LogP contribution in [-0.4, -0.2) is 23.3 Å². The minimum Gasteiger partial charge on any atom is -0.351 e. The van der Waals surface area contributed by atoms with Gasteiger partial charge in [0, 0.05) is 25.2 Å². The molecule has 0 bridgehead atoms. The summed E-state index contributed by atoms with van der Waals surface area (Å²) in [5, 5.41) is 8.65. The number of nitrogens with zero attached hydrogens (tertiary/aromatic N) is 3. The molecule has 0 unspecified atom stereocenters. The van der Waals surface area contributed by atoms with Gasteiger partial charge in [-0.05, 0) is 31.2 Å². The fraction of sp³-hybridized carbons (Fsp3) is 0.625. The van der Waals surface area contributed by atoms with E-state index in [4.69, 9.17) is 5.73 Å². The van der Waals surface area contributed by atoms with Crippen molar-refractivity contribution < 1.29 is 0 Å². The van der Waals surface area contributed by atoms with Crippen LogP contribution in [0.3, 0.4) is 0 Å². The van der Waals surface area contributed by atoms with Crippen molar-refractivity contribution in [1.29, 1.82) is 0 Å². The Morgan fingerprint density at radius 1 is 1.25 bits per heavy atom. The number of hydrogen-bond acceptors (Lipinski definition) is 4. The summed E-state index contributed by atoms with van der Waals surface area (Å²) in [6.45, 7) is 13.3. The average molecular weight is 274 g/mol. The molecule has 2 rings (SSSR count). The number of anilines is 1. The summed E-state index contributed by atoms with van der Waals surface area (Å²) >= 11 is 0. The van der Waals surface area contributed by atoms with Crippen molar-refractivity contribution in [2.24, 2.45) is 11.1 Å². The summed E-state index contributed by atoms with van der Waals surface area (Å²) in [6.07, 6.45) is 3.42. The van der Waals surface area contributed by atoms with Gasteiger partial charge >= 0.3 is 0 Å². The summed E-state index contributed by atoms with van der Waals surface area (Å²) < 4.78 is 0. The average Bonchev–Trinajstić information content (AvgIpc) is 2.41. The van der Waals surface area contributed by atoms with Gasteiger partial charge in [0.25, 0.3) is 0 Å². The number of hydrogen-bond donors (Lipinski definition) is 1. The van der Waals surface area contributed by atoms with E-state index < -0.39 is 0 Å². The van der Waals surface area contributed by atoms with Crippen molar-refractivity contribution in [1.82, 2.24) is 10.2 Å². The summed E-state index contributed by atoms with van der Waals surface area (Å²) in [4.78, 5) is 2.29. The maximum atomic E-state index is 5.91. The Labute approximate surface area is 122 Å². The second-order valence-corrected chi connectivity index (χ2v) is 6.59. The van der Waals surface area contributed by atoms with Crippen LogP contribution in [0.5, 0.6) is 0 Å². The van der Waals surface area contributed by atoms with Gasteiger partial charge in [-0.15, -0.1) is 5.10 Å².